The van der Waals surface area contributed by atoms with Gasteiger partial charge in [0.15, 0.2) is 5.13 Å². The summed E-state index contributed by atoms with van der Waals surface area (Å²) in [5.41, 5.74) is 0.774. The van der Waals surface area contributed by atoms with Crippen molar-refractivity contribution in [3.8, 4) is 11.5 Å². The highest BCUT2D eigenvalue weighted by Gasteiger charge is 2.11. The second-order valence-corrected chi connectivity index (χ2v) is 6.45. The van der Waals surface area contributed by atoms with Crippen LogP contribution < -0.4 is 10.1 Å². The lowest BCUT2D eigenvalue weighted by Crippen LogP contribution is -2.14. The number of benzene rings is 2. The van der Waals surface area contributed by atoms with Crippen molar-refractivity contribution >= 4 is 38.6 Å². The van der Waals surface area contributed by atoms with Crippen LogP contribution in [0.4, 0.5) is 5.13 Å². The number of aromatic nitrogens is 1. The number of nitrogens with one attached hydrogen (secondary N) is 1. The third-order valence-corrected chi connectivity index (χ3v) is 4.38. The fraction of sp³-hybridized carbons (Fsp3) is 0.211. The molecule has 0 unspecified atom stereocenters. The maximum Gasteiger partial charge on any atom is 0.306 e. The van der Waals surface area contributed by atoms with Crippen LogP contribution in [0.5, 0.6) is 11.5 Å². The lowest BCUT2D eigenvalue weighted by molar-refractivity contribution is -0.144. The van der Waals surface area contributed by atoms with Gasteiger partial charge in [-0.2, -0.15) is 0 Å². The topological polar surface area (TPSA) is 77.5 Å². The minimum absolute atomic E-state index is 0.0552. The molecule has 1 amide bonds. The molecule has 3 rings (SSSR count). The molecule has 0 atom stereocenters. The lowest BCUT2D eigenvalue weighted by Gasteiger charge is -2.04. The van der Waals surface area contributed by atoms with Crippen LogP contribution in [0.15, 0.2) is 48.5 Å². The van der Waals surface area contributed by atoms with Crippen molar-refractivity contribution in [3.63, 3.8) is 0 Å². The van der Waals surface area contributed by atoms with Crippen LogP contribution in [0, 0.1) is 0 Å². The summed E-state index contributed by atoms with van der Waals surface area (Å²) in [5.74, 6) is 0.809. The quantitative estimate of drug-likeness (QED) is 0.625. The van der Waals surface area contributed by atoms with Crippen LogP contribution in [0.1, 0.15) is 19.8 Å². The summed E-state index contributed by atoms with van der Waals surface area (Å²) in [6, 6.07) is 15.1. The molecular formula is C19H18N2O4S. The number of anilines is 1. The van der Waals surface area contributed by atoms with Gasteiger partial charge in [-0.25, -0.2) is 4.98 Å². The van der Waals surface area contributed by atoms with E-state index >= 15 is 0 Å². The molecule has 0 saturated heterocycles. The third kappa shape index (κ3) is 4.80. The number of nitrogens with zero attached hydrogens (tertiary/aromatic N) is 1. The minimum atomic E-state index is -0.380. The van der Waals surface area contributed by atoms with Crippen molar-refractivity contribution in [2.24, 2.45) is 0 Å². The van der Waals surface area contributed by atoms with E-state index < -0.39 is 0 Å². The van der Waals surface area contributed by atoms with E-state index in [4.69, 9.17) is 9.47 Å². The van der Waals surface area contributed by atoms with Crippen molar-refractivity contribution in [1.29, 1.82) is 0 Å². The Morgan fingerprint density at radius 3 is 2.65 bits per heavy atom. The van der Waals surface area contributed by atoms with Crippen molar-refractivity contribution in [2.45, 2.75) is 19.8 Å². The molecule has 0 aliphatic carbocycles. The summed E-state index contributed by atoms with van der Waals surface area (Å²) < 4.78 is 11.5. The first-order chi connectivity index (χ1) is 12.6. The number of hydrogen-bond acceptors (Lipinski definition) is 6. The van der Waals surface area contributed by atoms with Crippen molar-refractivity contribution in [3.05, 3.63) is 48.5 Å². The number of fused-ring (bicyclic) bond motifs is 1. The zero-order valence-corrected chi connectivity index (χ0v) is 15.0. The highest BCUT2D eigenvalue weighted by Crippen LogP contribution is 2.31. The lowest BCUT2D eigenvalue weighted by atomic mass is 10.3. The highest BCUT2D eigenvalue weighted by molar-refractivity contribution is 7.22. The first-order valence-electron chi connectivity index (χ1n) is 8.23. The first-order valence-corrected chi connectivity index (χ1v) is 9.04. The van der Waals surface area contributed by atoms with E-state index in [1.807, 2.05) is 48.5 Å². The molecule has 0 saturated carbocycles. The molecule has 1 aromatic heterocycles. The number of carbonyl (C=O) groups excluding carboxylic acids is 2. The second kappa shape index (κ2) is 8.44. The van der Waals surface area contributed by atoms with Crippen molar-refractivity contribution in [2.75, 3.05) is 11.9 Å². The van der Waals surface area contributed by atoms with Gasteiger partial charge in [-0.1, -0.05) is 29.5 Å². The van der Waals surface area contributed by atoms with E-state index in [2.05, 4.69) is 10.3 Å². The van der Waals surface area contributed by atoms with Gasteiger partial charge in [0.05, 0.1) is 23.2 Å². The molecule has 7 heteroatoms. The van der Waals surface area contributed by atoms with Gasteiger partial charge in [-0.15, -0.1) is 0 Å². The normalized spacial score (nSPS) is 10.5. The monoisotopic (exact) mass is 370 g/mol. The second-order valence-electron chi connectivity index (χ2n) is 5.42. The SMILES string of the molecule is CCOC(=O)CCC(=O)Nc1nc2ccc(Oc3ccccc3)cc2s1. The van der Waals surface area contributed by atoms with Gasteiger partial charge in [-0.3, -0.25) is 9.59 Å². The smallest absolute Gasteiger partial charge is 0.306 e. The van der Waals surface area contributed by atoms with Crippen LogP contribution in [0.3, 0.4) is 0 Å². The number of esters is 1. The first kappa shape index (κ1) is 17.9. The summed E-state index contributed by atoms with van der Waals surface area (Å²) in [7, 11) is 0. The molecule has 0 bridgehead atoms. The molecule has 0 aliphatic rings. The van der Waals surface area contributed by atoms with E-state index in [9.17, 15) is 9.59 Å². The average Bonchev–Trinajstić information content (AvgIpc) is 3.02. The Bertz CT molecular complexity index is 908. The predicted molar refractivity (Wildman–Crippen MR) is 101 cm³/mol. The van der Waals surface area contributed by atoms with Gasteiger partial charge in [0, 0.05) is 12.5 Å². The van der Waals surface area contributed by atoms with Gasteiger partial charge in [0.25, 0.3) is 0 Å². The summed E-state index contributed by atoms with van der Waals surface area (Å²) in [6.07, 6.45) is 0.122. The Morgan fingerprint density at radius 2 is 1.88 bits per heavy atom. The molecule has 0 fully saturated rings. The Hall–Kier alpha value is -2.93. The van der Waals surface area contributed by atoms with Crippen molar-refractivity contribution in [1.82, 2.24) is 4.98 Å². The number of rotatable bonds is 7. The highest BCUT2D eigenvalue weighted by atomic mass is 32.1. The molecule has 0 radical (unpaired) electrons. The number of carbonyl (C=O) groups is 2. The number of ether oxygens (including phenoxy) is 2. The summed E-state index contributed by atoms with van der Waals surface area (Å²) in [5, 5.41) is 3.21. The van der Waals surface area contributed by atoms with Gasteiger partial charge in [0.2, 0.25) is 5.91 Å². The standard InChI is InChI=1S/C19H18N2O4S/c1-2-24-18(23)11-10-17(22)21-19-20-15-9-8-14(12-16(15)26-19)25-13-6-4-3-5-7-13/h3-9,12H,2,10-11H2,1H3,(H,20,21,22). The Balaban J connectivity index is 1.63. The van der Waals surface area contributed by atoms with Crippen LogP contribution in [0.25, 0.3) is 10.2 Å². The Kier molecular flexibility index (Phi) is 5.80. The largest absolute Gasteiger partial charge is 0.466 e. The maximum atomic E-state index is 11.9. The van der Waals surface area contributed by atoms with Gasteiger partial charge >= 0.3 is 5.97 Å². The molecule has 1 heterocycles. The summed E-state index contributed by atoms with van der Waals surface area (Å²) in [6.45, 7) is 2.04. The molecule has 2 aromatic carbocycles. The van der Waals surface area contributed by atoms with Gasteiger partial charge < -0.3 is 14.8 Å². The summed E-state index contributed by atoms with van der Waals surface area (Å²) in [4.78, 5) is 27.6. The van der Waals surface area contributed by atoms with Crippen LogP contribution in [-0.2, 0) is 14.3 Å². The number of amides is 1. The van der Waals surface area contributed by atoms with Crippen molar-refractivity contribution < 1.29 is 19.1 Å². The molecule has 0 spiro atoms. The Morgan fingerprint density at radius 1 is 1.08 bits per heavy atom. The average molecular weight is 370 g/mol. The third-order valence-electron chi connectivity index (χ3n) is 3.45. The minimum Gasteiger partial charge on any atom is -0.466 e. The summed E-state index contributed by atoms with van der Waals surface area (Å²) >= 11 is 1.36. The zero-order chi connectivity index (χ0) is 18.4. The van der Waals surface area contributed by atoms with E-state index in [1.165, 1.54) is 11.3 Å². The van der Waals surface area contributed by atoms with E-state index in [1.54, 1.807) is 6.92 Å². The predicted octanol–water partition coefficient (Wildman–Crippen LogP) is 4.37. The zero-order valence-electron chi connectivity index (χ0n) is 14.2. The number of hydrogen-bond donors (Lipinski definition) is 1. The molecule has 0 aliphatic heterocycles. The molecule has 1 N–H and O–H groups in total. The Labute approximate surface area is 154 Å². The van der Waals surface area contributed by atoms with E-state index in [-0.39, 0.29) is 24.7 Å². The van der Waals surface area contributed by atoms with E-state index in [0.29, 0.717) is 17.5 Å². The van der Waals surface area contributed by atoms with Gasteiger partial charge in [-0.05, 0) is 31.2 Å². The molecule has 3 aromatic rings. The fourth-order valence-electron chi connectivity index (χ4n) is 2.28. The maximum absolute atomic E-state index is 11.9. The molecular weight excluding hydrogens is 352 g/mol. The number of para-hydroxylation sites is 1. The molecule has 6 nitrogen and oxygen atoms in total. The van der Waals surface area contributed by atoms with Gasteiger partial charge in [0.1, 0.15) is 11.5 Å². The fourth-order valence-corrected chi connectivity index (χ4v) is 3.19. The van der Waals surface area contributed by atoms with E-state index in [0.717, 1.165) is 16.0 Å². The van der Waals surface area contributed by atoms with Crippen LogP contribution >= 0.6 is 11.3 Å². The molecule has 134 valence electrons. The van der Waals surface area contributed by atoms with Crippen LogP contribution in [0.2, 0.25) is 0 Å². The van der Waals surface area contributed by atoms with Crippen LogP contribution in [-0.4, -0.2) is 23.5 Å². The molecule has 26 heavy (non-hydrogen) atoms. The number of thiazole rings is 1.